The van der Waals surface area contributed by atoms with Crippen LogP contribution in [0.1, 0.15) is 31.9 Å². The number of likely N-dealkylation sites (tertiary alicyclic amines) is 1. The Morgan fingerprint density at radius 1 is 1.43 bits per heavy atom. The Bertz CT molecular complexity index is 578. The van der Waals surface area contributed by atoms with Gasteiger partial charge in [0.25, 0.3) is 0 Å². The zero-order chi connectivity index (χ0) is 14.9. The maximum Gasteiger partial charge on any atom is 0.0981 e. The molecule has 1 saturated heterocycles. The summed E-state index contributed by atoms with van der Waals surface area (Å²) in [5, 5.41) is 22.7. The van der Waals surface area contributed by atoms with Crippen molar-refractivity contribution in [3.8, 4) is 0 Å². The Balaban J connectivity index is 1.58. The summed E-state index contributed by atoms with van der Waals surface area (Å²) in [6.45, 7) is 7.09. The van der Waals surface area contributed by atoms with E-state index in [1.165, 1.54) is 5.56 Å². The largest absolute Gasteiger partial charge is 0.387 e. The first kappa shape index (κ1) is 14.2. The SMILES string of the molecule is CC(C)n1cc(CN2CCC(O)(Cn3ccnn3)C2)cn1. The third-order valence-electron chi connectivity index (χ3n) is 3.93. The predicted octanol–water partition coefficient (Wildman–Crippen LogP) is 0.692. The minimum atomic E-state index is -0.720. The second-order valence-corrected chi connectivity index (χ2v) is 6.21. The molecule has 0 aromatic carbocycles. The summed E-state index contributed by atoms with van der Waals surface area (Å²) in [6, 6.07) is 0.376. The second-order valence-electron chi connectivity index (χ2n) is 6.21. The van der Waals surface area contributed by atoms with Crippen LogP contribution in [-0.2, 0) is 13.1 Å². The summed E-state index contributed by atoms with van der Waals surface area (Å²) in [7, 11) is 0. The van der Waals surface area contributed by atoms with E-state index in [0.717, 1.165) is 19.5 Å². The zero-order valence-electron chi connectivity index (χ0n) is 12.6. The molecule has 0 radical (unpaired) electrons. The molecule has 3 rings (SSSR count). The third-order valence-corrected chi connectivity index (χ3v) is 3.93. The molecule has 3 heterocycles. The molecule has 0 amide bonds. The van der Waals surface area contributed by atoms with Crippen LogP contribution in [-0.4, -0.2) is 53.5 Å². The molecule has 21 heavy (non-hydrogen) atoms. The molecule has 1 unspecified atom stereocenters. The first-order valence-corrected chi connectivity index (χ1v) is 7.36. The minimum absolute atomic E-state index is 0.376. The summed E-state index contributed by atoms with van der Waals surface area (Å²) < 4.78 is 3.66. The fourth-order valence-electron chi connectivity index (χ4n) is 2.82. The van der Waals surface area contributed by atoms with Gasteiger partial charge in [-0.05, 0) is 20.3 Å². The van der Waals surface area contributed by atoms with Crippen molar-refractivity contribution in [1.29, 1.82) is 0 Å². The van der Waals surface area contributed by atoms with Gasteiger partial charge in [-0.2, -0.15) is 5.10 Å². The summed E-state index contributed by atoms with van der Waals surface area (Å²) in [5.74, 6) is 0. The van der Waals surface area contributed by atoms with Crippen molar-refractivity contribution in [2.24, 2.45) is 0 Å². The Hall–Kier alpha value is -1.73. The van der Waals surface area contributed by atoms with Gasteiger partial charge in [-0.1, -0.05) is 5.21 Å². The van der Waals surface area contributed by atoms with Gasteiger partial charge in [0.2, 0.25) is 0 Å². The highest BCUT2D eigenvalue weighted by atomic mass is 16.3. The van der Waals surface area contributed by atoms with E-state index in [-0.39, 0.29) is 0 Å². The predicted molar refractivity (Wildman–Crippen MR) is 77.5 cm³/mol. The van der Waals surface area contributed by atoms with Crippen LogP contribution in [0.2, 0.25) is 0 Å². The highest BCUT2D eigenvalue weighted by Crippen LogP contribution is 2.24. The summed E-state index contributed by atoms with van der Waals surface area (Å²) in [5.41, 5.74) is 0.468. The van der Waals surface area contributed by atoms with Crippen molar-refractivity contribution < 1.29 is 5.11 Å². The highest BCUT2D eigenvalue weighted by molar-refractivity contribution is 5.05. The Morgan fingerprint density at radius 3 is 2.95 bits per heavy atom. The number of aromatic nitrogens is 5. The van der Waals surface area contributed by atoms with Gasteiger partial charge in [-0.3, -0.25) is 9.58 Å². The number of β-amino-alcohol motifs (C(OH)–C–C–N with tert-alkyl or cyclic N) is 1. The van der Waals surface area contributed by atoms with Crippen molar-refractivity contribution in [1.82, 2.24) is 29.7 Å². The number of hydrogen-bond donors (Lipinski definition) is 1. The van der Waals surface area contributed by atoms with Gasteiger partial charge >= 0.3 is 0 Å². The average molecular weight is 290 g/mol. The monoisotopic (exact) mass is 290 g/mol. The molecule has 1 N–H and O–H groups in total. The molecule has 1 atom stereocenters. The first-order chi connectivity index (χ1) is 10.0. The molecule has 7 nitrogen and oxygen atoms in total. The fraction of sp³-hybridized carbons (Fsp3) is 0.643. The van der Waals surface area contributed by atoms with Crippen molar-refractivity contribution in [2.75, 3.05) is 13.1 Å². The molecule has 2 aromatic heterocycles. The van der Waals surface area contributed by atoms with Crippen LogP contribution < -0.4 is 0 Å². The Morgan fingerprint density at radius 2 is 2.29 bits per heavy atom. The van der Waals surface area contributed by atoms with Crippen LogP contribution in [0.5, 0.6) is 0 Å². The van der Waals surface area contributed by atoms with Crippen molar-refractivity contribution >= 4 is 0 Å². The normalized spacial score (nSPS) is 23.2. The minimum Gasteiger partial charge on any atom is -0.387 e. The molecule has 2 aromatic rings. The lowest BCUT2D eigenvalue weighted by Crippen LogP contribution is -2.37. The zero-order valence-corrected chi connectivity index (χ0v) is 12.6. The number of hydrogen-bond acceptors (Lipinski definition) is 5. The van der Waals surface area contributed by atoms with Gasteiger partial charge in [0.15, 0.2) is 0 Å². The smallest absolute Gasteiger partial charge is 0.0981 e. The van der Waals surface area contributed by atoms with Gasteiger partial charge in [0, 0.05) is 43.6 Å². The molecule has 1 aliphatic heterocycles. The molecule has 1 aliphatic rings. The molecule has 1 fully saturated rings. The van der Waals surface area contributed by atoms with Gasteiger partial charge < -0.3 is 5.11 Å². The van der Waals surface area contributed by atoms with Crippen molar-refractivity contribution in [3.05, 3.63) is 30.4 Å². The topological polar surface area (TPSA) is 72.0 Å². The second kappa shape index (κ2) is 5.57. The molecular weight excluding hydrogens is 268 g/mol. The summed E-state index contributed by atoms with van der Waals surface area (Å²) >= 11 is 0. The average Bonchev–Trinajstić information content (AvgIpc) is 3.12. The molecule has 0 bridgehead atoms. The van der Waals surface area contributed by atoms with E-state index in [9.17, 15) is 5.11 Å². The lowest BCUT2D eigenvalue weighted by atomic mass is 10.0. The maximum atomic E-state index is 10.7. The van der Waals surface area contributed by atoms with Gasteiger partial charge in [-0.15, -0.1) is 5.10 Å². The van der Waals surface area contributed by atoms with Crippen LogP contribution in [0.25, 0.3) is 0 Å². The van der Waals surface area contributed by atoms with E-state index in [1.807, 2.05) is 10.9 Å². The molecule has 7 heteroatoms. The lowest BCUT2D eigenvalue weighted by molar-refractivity contribution is 0.0274. The van der Waals surface area contributed by atoms with Gasteiger partial charge in [-0.25, -0.2) is 4.68 Å². The number of aliphatic hydroxyl groups is 1. The fourth-order valence-corrected chi connectivity index (χ4v) is 2.82. The summed E-state index contributed by atoms with van der Waals surface area (Å²) in [4.78, 5) is 2.26. The van der Waals surface area contributed by atoms with E-state index in [0.29, 0.717) is 19.1 Å². The van der Waals surface area contributed by atoms with E-state index < -0.39 is 5.60 Å². The molecule has 114 valence electrons. The highest BCUT2D eigenvalue weighted by Gasteiger charge is 2.36. The van der Waals surface area contributed by atoms with Crippen molar-refractivity contribution in [3.63, 3.8) is 0 Å². The molecule has 0 spiro atoms. The van der Waals surface area contributed by atoms with E-state index in [1.54, 1.807) is 17.1 Å². The van der Waals surface area contributed by atoms with Crippen LogP contribution in [0.15, 0.2) is 24.8 Å². The van der Waals surface area contributed by atoms with Crippen molar-refractivity contribution in [2.45, 2.75) is 45.0 Å². The molecular formula is C14H22N6O. The van der Waals surface area contributed by atoms with Crippen LogP contribution in [0, 0.1) is 0 Å². The van der Waals surface area contributed by atoms with Crippen LogP contribution in [0.4, 0.5) is 0 Å². The van der Waals surface area contributed by atoms with E-state index in [4.69, 9.17) is 0 Å². The lowest BCUT2D eigenvalue weighted by Gasteiger charge is -2.22. The first-order valence-electron chi connectivity index (χ1n) is 7.36. The Labute approximate surface area is 124 Å². The number of rotatable bonds is 5. The van der Waals surface area contributed by atoms with Crippen LogP contribution >= 0.6 is 0 Å². The number of nitrogens with zero attached hydrogens (tertiary/aromatic N) is 6. The van der Waals surface area contributed by atoms with Gasteiger partial charge in [0.1, 0.15) is 0 Å². The van der Waals surface area contributed by atoms with E-state index in [2.05, 4.69) is 40.4 Å². The van der Waals surface area contributed by atoms with Gasteiger partial charge in [0.05, 0.1) is 24.5 Å². The van der Waals surface area contributed by atoms with E-state index >= 15 is 0 Å². The molecule has 0 aliphatic carbocycles. The standard InChI is InChI=1S/C14H22N6O/c1-12(2)20-9-13(7-16-20)8-18-5-3-14(21,10-18)11-19-6-4-15-17-19/h4,6-7,9,12,21H,3,5,8,10-11H2,1-2H3. The third kappa shape index (κ3) is 3.30. The molecule has 0 saturated carbocycles. The van der Waals surface area contributed by atoms with Crippen LogP contribution in [0.3, 0.4) is 0 Å². The summed E-state index contributed by atoms with van der Waals surface area (Å²) in [6.07, 6.45) is 8.17. The quantitative estimate of drug-likeness (QED) is 0.877. The maximum absolute atomic E-state index is 10.7. The Kier molecular flexibility index (Phi) is 3.77.